The number of rotatable bonds is 0. The molecule has 86 valence electrons. The van der Waals surface area contributed by atoms with Crippen LogP contribution < -0.4 is 0 Å². The van der Waals surface area contributed by atoms with Gasteiger partial charge in [-0.15, -0.1) is 0 Å². The Morgan fingerprint density at radius 2 is 1.94 bits per heavy atom. The Labute approximate surface area is 108 Å². The number of halogens is 1. The van der Waals surface area contributed by atoms with E-state index >= 15 is 0 Å². The number of H-pyrrole nitrogens is 1. The van der Waals surface area contributed by atoms with Crippen LogP contribution in [0.5, 0.6) is 0 Å². The zero-order chi connectivity index (χ0) is 12.4. The minimum absolute atomic E-state index is 0.602. The summed E-state index contributed by atoms with van der Waals surface area (Å²) in [6.45, 7) is 0. The lowest BCUT2D eigenvalue weighted by Crippen LogP contribution is -1.84. The molecule has 3 rings (SSSR count). The largest absolute Gasteiger partial charge is 0.346 e. The summed E-state index contributed by atoms with van der Waals surface area (Å²) in [7, 11) is 0. The van der Waals surface area contributed by atoms with E-state index in [4.69, 9.17) is 11.6 Å². The van der Waals surface area contributed by atoms with Gasteiger partial charge in [-0.1, -0.05) is 23.4 Å². The smallest absolute Gasteiger partial charge is 0.138 e. The topological polar surface area (TPSA) is 54.5 Å². The van der Waals surface area contributed by atoms with E-state index in [-0.39, 0.29) is 0 Å². The third-order valence-corrected chi connectivity index (χ3v) is 2.83. The molecule has 0 saturated heterocycles. The van der Waals surface area contributed by atoms with Crippen LogP contribution in [-0.2, 0) is 0 Å². The summed E-state index contributed by atoms with van der Waals surface area (Å²) in [5.41, 5.74) is 2.18. The monoisotopic (exact) mass is 254 g/mol. The number of hydrogen-bond acceptors (Lipinski definition) is 3. The molecule has 0 radical (unpaired) electrons. The first-order chi connectivity index (χ1) is 8.84. The van der Waals surface area contributed by atoms with E-state index in [1.807, 2.05) is 6.07 Å². The van der Waals surface area contributed by atoms with E-state index in [0.29, 0.717) is 10.6 Å². The summed E-state index contributed by atoms with van der Waals surface area (Å²) in [6.07, 6.45) is 8.21. The van der Waals surface area contributed by atoms with Crippen LogP contribution in [0.2, 0.25) is 5.02 Å². The van der Waals surface area contributed by atoms with Gasteiger partial charge in [0.1, 0.15) is 12.0 Å². The average molecular weight is 255 g/mol. The summed E-state index contributed by atoms with van der Waals surface area (Å²) in [4.78, 5) is 15.0. The first kappa shape index (κ1) is 10.8. The lowest BCUT2D eigenvalue weighted by Gasteiger charge is -1.96. The lowest BCUT2D eigenvalue weighted by atomic mass is 10.2. The maximum Gasteiger partial charge on any atom is 0.138 e. The highest BCUT2D eigenvalue weighted by atomic mass is 35.5. The molecule has 0 fully saturated rings. The number of hydrogen-bond donors (Lipinski definition) is 1. The predicted octanol–water partition coefficient (Wildman–Crippen LogP) is 2.41. The van der Waals surface area contributed by atoms with Crippen LogP contribution in [0.1, 0.15) is 11.1 Å². The molecule has 18 heavy (non-hydrogen) atoms. The second kappa shape index (κ2) is 4.47. The normalized spacial score (nSPS) is 10.1. The zero-order valence-corrected chi connectivity index (χ0v) is 9.94. The molecule has 0 saturated carbocycles. The first-order valence-electron chi connectivity index (χ1n) is 5.23. The molecule has 0 bridgehead atoms. The summed E-state index contributed by atoms with van der Waals surface area (Å²) in [5.74, 6) is 5.92. The molecule has 0 amide bonds. The van der Waals surface area contributed by atoms with Crippen molar-refractivity contribution in [2.45, 2.75) is 0 Å². The molecule has 3 heterocycles. The zero-order valence-electron chi connectivity index (χ0n) is 9.18. The van der Waals surface area contributed by atoms with Gasteiger partial charge in [0.25, 0.3) is 0 Å². The molecule has 5 heteroatoms. The fourth-order valence-corrected chi connectivity index (χ4v) is 1.81. The van der Waals surface area contributed by atoms with Crippen LogP contribution in [0.15, 0.2) is 37.2 Å². The Balaban J connectivity index is 2.06. The fraction of sp³-hybridized carbons (Fsp3) is 0. The van der Waals surface area contributed by atoms with E-state index < -0.39 is 0 Å². The molecular weight excluding hydrogens is 248 g/mol. The van der Waals surface area contributed by atoms with Gasteiger partial charge in [0.2, 0.25) is 0 Å². The Bertz CT molecular complexity index is 753. The van der Waals surface area contributed by atoms with Crippen molar-refractivity contribution in [1.29, 1.82) is 0 Å². The standard InChI is InChI=1S/C13H7ClN4/c14-12-10(2-1-9-5-15-8-16-6-9)7-18-13-11(12)3-4-17-13/h3-8H,(H,17,18). The minimum atomic E-state index is 0.602. The summed E-state index contributed by atoms with van der Waals surface area (Å²) >= 11 is 6.26. The van der Waals surface area contributed by atoms with Crippen LogP contribution in [0.3, 0.4) is 0 Å². The van der Waals surface area contributed by atoms with E-state index in [1.165, 1.54) is 6.33 Å². The van der Waals surface area contributed by atoms with Crippen molar-refractivity contribution in [2.24, 2.45) is 0 Å². The van der Waals surface area contributed by atoms with Crippen LogP contribution in [0.4, 0.5) is 0 Å². The number of nitrogens with zero attached hydrogens (tertiary/aromatic N) is 3. The molecule has 3 aromatic rings. The van der Waals surface area contributed by atoms with Crippen molar-refractivity contribution in [2.75, 3.05) is 0 Å². The predicted molar refractivity (Wildman–Crippen MR) is 69.1 cm³/mol. The Hall–Kier alpha value is -2.38. The highest BCUT2D eigenvalue weighted by Gasteiger charge is 2.05. The second-order valence-electron chi connectivity index (χ2n) is 3.60. The van der Waals surface area contributed by atoms with Gasteiger partial charge in [-0.25, -0.2) is 15.0 Å². The number of nitrogens with one attached hydrogen (secondary N) is 1. The molecule has 1 N–H and O–H groups in total. The quantitative estimate of drug-likeness (QED) is 0.627. The van der Waals surface area contributed by atoms with Crippen molar-refractivity contribution in [3.63, 3.8) is 0 Å². The van der Waals surface area contributed by atoms with Gasteiger partial charge < -0.3 is 4.98 Å². The van der Waals surface area contributed by atoms with Crippen molar-refractivity contribution in [3.8, 4) is 11.8 Å². The van der Waals surface area contributed by atoms with Gasteiger partial charge in [0.15, 0.2) is 0 Å². The van der Waals surface area contributed by atoms with Gasteiger partial charge in [-0.05, 0) is 6.07 Å². The van der Waals surface area contributed by atoms with Crippen LogP contribution in [0, 0.1) is 11.8 Å². The van der Waals surface area contributed by atoms with Crippen LogP contribution in [-0.4, -0.2) is 19.9 Å². The van der Waals surface area contributed by atoms with Gasteiger partial charge in [-0.2, -0.15) is 0 Å². The van der Waals surface area contributed by atoms with Crippen molar-refractivity contribution >= 4 is 22.6 Å². The summed E-state index contributed by atoms with van der Waals surface area (Å²) in [6, 6.07) is 1.88. The highest BCUT2D eigenvalue weighted by Crippen LogP contribution is 2.24. The second-order valence-corrected chi connectivity index (χ2v) is 3.98. The molecular formula is C13H7ClN4. The minimum Gasteiger partial charge on any atom is -0.346 e. The SMILES string of the molecule is Clc1c(C#Cc2cncnc2)cnc2[nH]ccc12. The van der Waals surface area contributed by atoms with Crippen LogP contribution in [0.25, 0.3) is 11.0 Å². The van der Waals surface area contributed by atoms with Crippen molar-refractivity contribution in [3.05, 3.63) is 53.3 Å². The number of aromatic amines is 1. The van der Waals surface area contributed by atoms with E-state index in [9.17, 15) is 0 Å². The number of pyridine rings is 1. The highest BCUT2D eigenvalue weighted by molar-refractivity contribution is 6.36. The lowest BCUT2D eigenvalue weighted by molar-refractivity contribution is 1.16. The van der Waals surface area contributed by atoms with Gasteiger partial charge in [0, 0.05) is 30.2 Å². The average Bonchev–Trinajstić information content (AvgIpc) is 2.88. The Morgan fingerprint density at radius 1 is 1.11 bits per heavy atom. The maximum absolute atomic E-state index is 6.26. The van der Waals surface area contributed by atoms with Gasteiger partial charge in [0.05, 0.1) is 16.1 Å². The Morgan fingerprint density at radius 3 is 2.78 bits per heavy atom. The number of fused-ring (bicyclic) bond motifs is 1. The molecule has 0 aliphatic rings. The van der Waals surface area contributed by atoms with Crippen molar-refractivity contribution < 1.29 is 0 Å². The van der Waals surface area contributed by atoms with E-state index in [2.05, 4.69) is 31.8 Å². The molecule has 4 nitrogen and oxygen atoms in total. The summed E-state index contributed by atoms with van der Waals surface area (Å²) in [5, 5.41) is 1.47. The Kier molecular flexibility index (Phi) is 2.67. The first-order valence-corrected chi connectivity index (χ1v) is 5.61. The molecule has 3 aromatic heterocycles. The number of aromatic nitrogens is 4. The third kappa shape index (κ3) is 1.92. The van der Waals surface area contributed by atoms with Gasteiger partial charge in [-0.3, -0.25) is 0 Å². The molecule has 0 aliphatic heterocycles. The van der Waals surface area contributed by atoms with Gasteiger partial charge >= 0.3 is 0 Å². The summed E-state index contributed by atoms with van der Waals surface area (Å²) < 4.78 is 0. The third-order valence-electron chi connectivity index (χ3n) is 2.42. The van der Waals surface area contributed by atoms with Crippen LogP contribution >= 0.6 is 11.6 Å². The van der Waals surface area contributed by atoms with Crippen molar-refractivity contribution in [1.82, 2.24) is 19.9 Å². The molecule has 0 aliphatic carbocycles. The van der Waals surface area contributed by atoms with E-state index in [0.717, 1.165) is 16.6 Å². The fourth-order valence-electron chi connectivity index (χ4n) is 1.57. The molecule has 0 unspecified atom stereocenters. The molecule has 0 aromatic carbocycles. The van der Waals surface area contributed by atoms with E-state index in [1.54, 1.807) is 24.8 Å². The molecule has 0 atom stereocenters. The maximum atomic E-state index is 6.26. The molecule has 0 spiro atoms.